The fourth-order valence-electron chi connectivity index (χ4n) is 3.94. The van der Waals surface area contributed by atoms with Crippen LogP contribution in [0.25, 0.3) is 11.3 Å². The molecule has 0 unspecified atom stereocenters. The summed E-state index contributed by atoms with van der Waals surface area (Å²) in [5, 5.41) is 3.51. The third-order valence-corrected chi connectivity index (χ3v) is 5.75. The van der Waals surface area contributed by atoms with Gasteiger partial charge >= 0.3 is 0 Å². The highest BCUT2D eigenvalue weighted by Gasteiger charge is 2.26. The molecule has 0 atom stereocenters. The number of anilines is 2. The topological polar surface area (TPSA) is 50.2 Å². The minimum Gasteiger partial charge on any atom is -0.340 e. The molecule has 0 saturated carbocycles. The van der Waals surface area contributed by atoms with E-state index in [0.29, 0.717) is 26.1 Å². The zero-order valence-electron chi connectivity index (χ0n) is 18.2. The number of rotatable bonds is 7. The quantitative estimate of drug-likeness (QED) is 0.502. The lowest BCUT2D eigenvalue weighted by Gasteiger charge is -2.28. The van der Waals surface area contributed by atoms with Gasteiger partial charge in [0.15, 0.2) is 0 Å². The minimum atomic E-state index is -0.274. The molecule has 1 aliphatic heterocycles. The lowest BCUT2D eigenvalue weighted by atomic mass is 10.1. The monoisotopic (exact) mass is 420 g/mol. The zero-order chi connectivity index (χ0) is 21.8. The standard InChI is InChI=1S/C25H29FN4O/c1-3-4-5-6-23(31)29-15-16-30-22(17-29)28-24(19-9-11-20(26)12-10-19)25(30)27-21-13-7-18(2)8-14-21/h7-14,27H,3-6,15-17H2,1-2H3. The van der Waals surface area contributed by atoms with Crippen LogP contribution >= 0.6 is 0 Å². The van der Waals surface area contributed by atoms with Crippen molar-refractivity contribution >= 4 is 17.4 Å². The highest BCUT2D eigenvalue weighted by Crippen LogP contribution is 2.33. The lowest BCUT2D eigenvalue weighted by Crippen LogP contribution is -2.38. The van der Waals surface area contributed by atoms with Crippen molar-refractivity contribution in [1.29, 1.82) is 0 Å². The SMILES string of the molecule is CCCCCC(=O)N1CCn2c(nc(-c3ccc(F)cc3)c2Nc2ccc(C)cc2)C1. The van der Waals surface area contributed by atoms with E-state index in [1.165, 1.54) is 17.7 Å². The summed E-state index contributed by atoms with van der Waals surface area (Å²) in [4.78, 5) is 19.4. The minimum absolute atomic E-state index is 0.194. The molecule has 0 bridgehead atoms. The normalized spacial score (nSPS) is 13.2. The van der Waals surface area contributed by atoms with Crippen molar-refractivity contribution in [3.05, 3.63) is 65.7 Å². The van der Waals surface area contributed by atoms with Crippen LogP contribution < -0.4 is 5.32 Å². The van der Waals surface area contributed by atoms with Gasteiger partial charge in [-0.15, -0.1) is 0 Å². The molecule has 0 spiro atoms. The van der Waals surface area contributed by atoms with Gasteiger partial charge in [0, 0.05) is 30.8 Å². The van der Waals surface area contributed by atoms with Gasteiger partial charge in [-0.3, -0.25) is 4.79 Å². The number of carbonyl (C=O) groups is 1. The van der Waals surface area contributed by atoms with Crippen LogP contribution in [-0.2, 0) is 17.9 Å². The summed E-state index contributed by atoms with van der Waals surface area (Å²) < 4.78 is 15.6. The van der Waals surface area contributed by atoms with Crippen molar-refractivity contribution in [2.75, 3.05) is 11.9 Å². The molecule has 31 heavy (non-hydrogen) atoms. The number of aromatic nitrogens is 2. The summed E-state index contributed by atoms with van der Waals surface area (Å²) in [7, 11) is 0. The number of nitrogens with zero attached hydrogens (tertiary/aromatic N) is 3. The van der Waals surface area contributed by atoms with Crippen LogP contribution in [0.15, 0.2) is 48.5 Å². The summed E-state index contributed by atoms with van der Waals surface area (Å²) in [6.45, 7) is 6.04. The van der Waals surface area contributed by atoms with Crippen molar-refractivity contribution in [2.24, 2.45) is 0 Å². The van der Waals surface area contributed by atoms with Gasteiger partial charge in [-0.05, 0) is 49.7 Å². The van der Waals surface area contributed by atoms with Gasteiger partial charge in [0.1, 0.15) is 23.2 Å². The molecule has 6 heteroatoms. The van der Waals surface area contributed by atoms with Crippen molar-refractivity contribution in [1.82, 2.24) is 14.5 Å². The number of unbranched alkanes of at least 4 members (excludes halogenated alkanes) is 2. The number of benzene rings is 2. The van der Waals surface area contributed by atoms with Gasteiger partial charge in [0.05, 0.1) is 6.54 Å². The fourth-order valence-corrected chi connectivity index (χ4v) is 3.94. The molecule has 0 fully saturated rings. The molecule has 162 valence electrons. The van der Waals surface area contributed by atoms with Crippen LogP contribution in [0.2, 0.25) is 0 Å². The molecule has 4 rings (SSSR count). The van der Waals surface area contributed by atoms with E-state index in [0.717, 1.165) is 47.8 Å². The highest BCUT2D eigenvalue weighted by atomic mass is 19.1. The number of hydrogen-bond acceptors (Lipinski definition) is 3. The first kappa shape index (κ1) is 21.1. The van der Waals surface area contributed by atoms with Crippen LogP contribution in [-0.4, -0.2) is 26.9 Å². The predicted octanol–water partition coefficient (Wildman–Crippen LogP) is 5.66. The summed E-state index contributed by atoms with van der Waals surface area (Å²) in [5.74, 6) is 1.65. The van der Waals surface area contributed by atoms with Crippen LogP contribution in [0.5, 0.6) is 0 Å². The van der Waals surface area contributed by atoms with Crippen LogP contribution in [0.4, 0.5) is 15.9 Å². The Labute approximate surface area is 182 Å². The molecule has 2 heterocycles. The lowest BCUT2D eigenvalue weighted by molar-refractivity contribution is -0.132. The zero-order valence-corrected chi connectivity index (χ0v) is 18.2. The summed E-state index contributed by atoms with van der Waals surface area (Å²) in [6, 6.07) is 14.6. The maximum atomic E-state index is 13.5. The summed E-state index contributed by atoms with van der Waals surface area (Å²) in [5.41, 5.74) is 3.78. The number of imidazole rings is 1. The second kappa shape index (κ2) is 9.33. The number of halogens is 1. The Bertz CT molecular complexity index is 1040. The molecule has 1 aromatic heterocycles. The number of fused-ring (bicyclic) bond motifs is 1. The van der Waals surface area contributed by atoms with E-state index in [-0.39, 0.29) is 11.7 Å². The first-order valence-corrected chi connectivity index (χ1v) is 11.0. The number of amides is 1. The second-order valence-corrected chi connectivity index (χ2v) is 8.15. The molecule has 1 N–H and O–H groups in total. The van der Waals surface area contributed by atoms with E-state index in [1.54, 1.807) is 12.1 Å². The Morgan fingerprint density at radius 3 is 2.52 bits per heavy atom. The Morgan fingerprint density at radius 2 is 1.81 bits per heavy atom. The van der Waals surface area contributed by atoms with Gasteiger partial charge in [-0.1, -0.05) is 37.5 Å². The maximum Gasteiger partial charge on any atom is 0.223 e. The molecule has 1 amide bonds. The molecule has 2 aromatic carbocycles. The fraction of sp³-hybridized carbons (Fsp3) is 0.360. The van der Waals surface area contributed by atoms with Gasteiger partial charge in [0.25, 0.3) is 0 Å². The van der Waals surface area contributed by atoms with E-state index in [9.17, 15) is 9.18 Å². The van der Waals surface area contributed by atoms with Crippen molar-refractivity contribution < 1.29 is 9.18 Å². The van der Waals surface area contributed by atoms with Crippen molar-refractivity contribution in [3.63, 3.8) is 0 Å². The smallest absolute Gasteiger partial charge is 0.223 e. The Balaban J connectivity index is 1.64. The van der Waals surface area contributed by atoms with E-state index in [2.05, 4.69) is 35.9 Å². The Morgan fingerprint density at radius 1 is 1.06 bits per heavy atom. The van der Waals surface area contributed by atoms with Crippen LogP contribution in [0, 0.1) is 12.7 Å². The van der Waals surface area contributed by atoms with Crippen molar-refractivity contribution in [3.8, 4) is 11.3 Å². The largest absolute Gasteiger partial charge is 0.340 e. The van der Waals surface area contributed by atoms with E-state index < -0.39 is 0 Å². The van der Waals surface area contributed by atoms with E-state index in [1.807, 2.05) is 17.0 Å². The summed E-state index contributed by atoms with van der Waals surface area (Å²) in [6.07, 6.45) is 3.70. The number of carbonyl (C=O) groups excluding carboxylic acids is 1. The highest BCUT2D eigenvalue weighted by molar-refractivity contribution is 5.78. The van der Waals surface area contributed by atoms with Gasteiger partial charge < -0.3 is 14.8 Å². The first-order chi connectivity index (χ1) is 15.0. The van der Waals surface area contributed by atoms with E-state index >= 15 is 0 Å². The number of aryl methyl sites for hydroxylation is 1. The molecule has 5 nitrogen and oxygen atoms in total. The maximum absolute atomic E-state index is 13.5. The molecule has 0 aliphatic carbocycles. The predicted molar refractivity (Wildman–Crippen MR) is 122 cm³/mol. The van der Waals surface area contributed by atoms with E-state index in [4.69, 9.17) is 4.98 Å². The first-order valence-electron chi connectivity index (χ1n) is 11.0. The van der Waals surface area contributed by atoms with Crippen LogP contribution in [0.3, 0.4) is 0 Å². The molecule has 1 aliphatic rings. The van der Waals surface area contributed by atoms with Crippen molar-refractivity contribution in [2.45, 2.75) is 52.6 Å². The molecular formula is C25H29FN4O. The second-order valence-electron chi connectivity index (χ2n) is 8.15. The average Bonchev–Trinajstić information content (AvgIpc) is 3.13. The van der Waals surface area contributed by atoms with Crippen LogP contribution in [0.1, 0.15) is 44.0 Å². The number of nitrogens with one attached hydrogen (secondary N) is 1. The molecular weight excluding hydrogens is 391 g/mol. The average molecular weight is 421 g/mol. The third kappa shape index (κ3) is 4.79. The molecule has 0 radical (unpaired) electrons. The van der Waals surface area contributed by atoms with Gasteiger partial charge in [0.2, 0.25) is 5.91 Å². The Hall–Kier alpha value is -3.15. The number of hydrogen-bond donors (Lipinski definition) is 1. The third-order valence-electron chi connectivity index (χ3n) is 5.75. The van der Waals surface area contributed by atoms with Gasteiger partial charge in [-0.25, -0.2) is 9.37 Å². The molecule has 3 aromatic rings. The summed E-state index contributed by atoms with van der Waals surface area (Å²) >= 11 is 0. The molecule has 0 saturated heterocycles. The van der Waals surface area contributed by atoms with Gasteiger partial charge in [-0.2, -0.15) is 0 Å². The Kier molecular flexibility index (Phi) is 6.35.